The van der Waals surface area contributed by atoms with Crippen LogP contribution in [0.4, 0.5) is 17.1 Å². The summed E-state index contributed by atoms with van der Waals surface area (Å²) in [5.41, 5.74) is 1.65. The van der Waals surface area contributed by atoms with Gasteiger partial charge in [0.15, 0.2) is 0 Å². The number of sulfonamides is 2. The highest BCUT2D eigenvalue weighted by Gasteiger charge is 2.29. The van der Waals surface area contributed by atoms with E-state index in [1.807, 2.05) is 6.07 Å². The van der Waals surface area contributed by atoms with Crippen molar-refractivity contribution in [1.29, 1.82) is 0 Å². The van der Waals surface area contributed by atoms with Crippen molar-refractivity contribution in [3.8, 4) is 5.75 Å². The third-order valence-electron chi connectivity index (χ3n) is 6.75. The van der Waals surface area contributed by atoms with Gasteiger partial charge in [-0.2, -0.15) is 0 Å². The van der Waals surface area contributed by atoms with Crippen molar-refractivity contribution in [3.63, 3.8) is 0 Å². The minimum absolute atomic E-state index is 0.0181. The number of amides is 1. The van der Waals surface area contributed by atoms with Crippen LogP contribution in [0.25, 0.3) is 0 Å². The molecule has 0 spiro atoms. The van der Waals surface area contributed by atoms with Gasteiger partial charge in [-0.3, -0.25) is 13.8 Å². The first-order valence-corrected chi connectivity index (χ1v) is 16.9. The van der Waals surface area contributed by atoms with E-state index in [0.717, 1.165) is 0 Å². The van der Waals surface area contributed by atoms with E-state index < -0.39 is 26.0 Å². The third-order valence-corrected chi connectivity index (χ3v) is 10.2. The Balaban J connectivity index is 1.43. The number of benzene rings is 5. The van der Waals surface area contributed by atoms with Crippen LogP contribution in [0.5, 0.6) is 5.75 Å². The molecule has 0 aliphatic rings. The highest BCUT2D eigenvalue weighted by molar-refractivity contribution is 7.93. The van der Waals surface area contributed by atoms with Gasteiger partial charge in [0.05, 0.1) is 34.7 Å². The molecule has 0 aromatic heterocycles. The van der Waals surface area contributed by atoms with Gasteiger partial charge in [0.2, 0.25) is 0 Å². The Morgan fingerprint density at radius 2 is 1.29 bits per heavy atom. The monoisotopic (exact) mass is 661 g/mol. The Morgan fingerprint density at radius 3 is 1.93 bits per heavy atom. The van der Waals surface area contributed by atoms with Crippen LogP contribution in [0.2, 0.25) is 5.02 Å². The van der Waals surface area contributed by atoms with E-state index in [9.17, 15) is 21.6 Å². The van der Waals surface area contributed by atoms with Crippen molar-refractivity contribution in [2.45, 2.75) is 16.3 Å². The van der Waals surface area contributed by atoms with Gasteiger partial charge in [0.25, 0.3) is 26.0 Å². The van der Waals surface area contributed by atoms with Crippen LogP contribution in [0.3, 0.4) is 0 Å². The van der Waals surface area contributed by atoms with E-state index in [-0.39, 0.29) is 27.6 Å². The summed E-state index contributed by atoms with van der Waals surface area (Å²) in [6, 6.07) is 33.3. The zero-order valence-electron chi connectivity index (χ0n) is 23.9. The molecule has 45 heavy (non-hydrogen) atoms. The molecule has 0 saturated heterocycles. The van der Waals surface area contributed by atoms with Gasteiger partial charge < -0.3 is 10.1 Å². The zero-order chi connectivity index (χ0) is 32.0. The highest BCUT2D eigenvalue weighted by atomic mass is 35.5. The largest absolute Gasteiger partial charge is 0.497 e. The number of hydrogen-bond acceptors (Lipinski definition) is 6. The van der Waals surface area contributed by atoms with E-state index in [2.05, 4.69) is 10.0 Å². The molecule has 5 rings (SSSR count). The van der Waals surface area contributed by atoms with Crippen molar-refractivity contribution in [3.05, 3.63) is 144 Å². The topological polar surface area (TPSA) is 122 Å². The number of para-hydroxylation sites is 1. The van der Waals surface area contributed by atoms with Crippen LogP contribution < -0.4 is 19.1 Å². The van der Waals surface area contributed by atoms with Crippen LogP contribution >= 0.6 is 11.6 Å². The lowest BCUT2D eigenvalue weighted by Gasteiger charge is -2.26. The molecule has 5 aromatic rings. The van der Waals surface area contributed by atoms with E-state index in [1.165, 1.54) is 53.9 Å². The fourth-order valence-corrected chi connectivity index (χ4v) is 7.11. The third kappa shape index (κ3) is 7.46. The molecular weight excluding hydrogens is 634 g/mol. The van der Waals surface area contributed by atoms with Gasteiger partial charge in [-0.05, 0) is 90.5 Å². The molecule has 230 valence electrons. The van der Waals surface area contributed by atoms with Crippen molar-refractivity contribution < 1.29 is 26.4 Å². The van der Waals surface area contributed by atoms with Gasteiger partial charge >= 0.3 is 0 Å². The minimum atomic E-state index is -4.14. The molecule has 9 nitrogen and oxygen atoms in total. The minimum Gasteiger partial charge on any atom is -0.497 e. The Kier molecular flexibility index (Phi) is 9.43. The molecule has 0 radical (unpaired) electrons. The molecule has 0 fully saturated rings. The number of carbonyl (C=O) groups excluding carboxylic acids is 1. The van der Waals surface area contributed by atoms with Crippen molar-refractivity contribution in [2.75, 3.05) is 21.5 Å². The average molecular weight is 662 g/mol. The molecule has 0 aliphatic carbocycles. The van der Waals surface area contributed by atoms with Gasteiger partial charge in [0, 0.05) is 16.4 Å². The highest BCUT2D eigenvalue weighted by Crippen LogP contribution is 2.31. The van der Waals surface area contributed by atoms with E-state index >= 15 is 0 Å². The lowest BCUT2D eigenvalue weighted by Crippen LogP contribution is -2.32. The van der Waals surface area contributed by atoms with E-state index in [0.29, 0.717) is 27.7 Å². The summed E-state index contributed by atoms with van der Waals surface area (Å²) in [4.78, 5) is 13.6. The Hall–Kier alpha value is -4.84. The number of anilines is 3. The van der Waals surface area contributed by atoms with Gasteiger partial charge in [0.1, 0.15) is 5.75 Å². The summed E-state index contributed by atoms with van der Waals surface area (Å²) in [6.45, 7) is -0.0350. The summed E-state index contributed by atoms with van der Waals surface area (Å²) in [5, 5.41) is 3.22. The molecule has 0 atom stereocenters. The lowest BCUT2D eigenvalue weighted by atomic mass is 10.1. The summed E-state index contributed by atoms with van der Waals surface area (Å²) >= 11 is 5.88. The number of methoxy groups -OCH3 is 1. The summed E-state index contributed by atoms with van der Waals surface area (Å²) in [7, 11) is -6.55. The maximum absolute atomic E-state index is 14.0. The smallest absolute Gasteiger partial charge is 0.264 e. The second-order valence-corrected chi connectivity index (χ2v) is 13.8. The number of hydrogen-bond donors (Lipinski definition) is 2. The molecule has 0 bridgehead atoms. The Labute approximate surface area is 267 Å². The normalized spacial score (nSPS) is 11.4. The van der Waals surface area contributed by atoms with Crippen molar-refractivity contribution >= 4 is 54.6 Å². The van der Waals surface area contributed by atoms with Gasteiger partial charge in [-0.25, -0.2) is 16.8 Å². The average Bonchev–Trinajstić information content (AvgIpc) is 3.05. The quantitative estimate of drug-likeness (QED) is 0.161. The molecule has 5 aromatic carbocycles. The first-order chi connectivity index (χ1) is 21.6. The summed E-state index contributed by atoms with van der Waals surface area (Å²) < 4.78 is 62.6. The van der Waals surface area contributed by atoms with Crippen LogP contribution in [-0.2, 0) is 26.6 Å². The number of ether oxygens (including phenoxy) is 1. The summed E-state index contributed by atoms with van der Waals surface area (Å²) in [5.74, 6) is -0.0774. The van der Waals surface area contributed by atoms with Crippen LogP contribution in [0.15, 0.2) is 137 Å². The molecule has 0 unspecified atom stereocenters. The van der Waals surface area contributed by atoms with Crippen molar-refractivity contribution in [2.24, 2.45) is 0 Å². The zero-order valence-corrected chi connectivity index (χ0v) is 26.3. The lowest BCUT2D eigenvalue weighted by molar-refractivity contribution is 0.102. The molecule has 0 saturated carbocycles. The number of nitrogens with one attached hydrogen (secondary N) is 2. The summed E-state index contributed by atoms with van der Waals surface area (Å²) in [6.07, 6.45) is 0. The standard InChI is InChI=1S/C33H28ClN3O6S2/c1-43-28-17-21-30(22-18-28)45(41,42)37(23-24-7-3-2-4-8-24)32-10-6-5-9-31(32)33(38)35-26-15-19-29(20-16-26)44(39,40)36-27-13-11-25(34)12-14-27/h2-22,36H,23H2,1H3,(H,35,38). The molecule has 0 aliphatic heterocycles. The predicted octanol–water partition coefficient (Wildman–Crippen LogP) is 6.80. The van der Waals surface area contributed by atoms with Gasteiger partial charge in [-0.15, -0.1) is 0 Å². The maximum atomic E-state index is 14.0. The molecular formula is C33H28ClN3O6S2. The second-order valence-electron chi connectivity index (χ2n) is 9.78. The van der Waals surface area contributed by atoms with E-state index in [1.54, 1.807) is 78.9 Å². The van der Waals surface area contributed by atoms with Crippen molar-refractivity contribution in [1.82, 2.24) is 0 Å². The molecule has 0 heterocycles. The van der Waals surface area contributed by atoms with Crippen LogP contribution in [-0.4, -0.2) is 29.9 Å². The number of nitrogens with zero attached hydrogens (tertiary/aromatic N) is 1. The first kappa shape index (κ1) is 31.6. The molecule has 1 amide bonds. The predicted molar refractivity (Wildman–Crippen MR) is 176 cm³/mol. The number of carbonyl (C=O) groups is 1. The van der Waals surface area contributed by atoms with E-state index in [4.69, 9.17) is 16.3 Å². The first-order valence-electron chi connectivity index (χ1n) is 13.6. The van der Waals surface area contributed by atoms with Gasteiger partial charge in [-0.1, -0.05) is 54.1 Å². The second kappa shape index (κ2) is 13.4. The Morgan fingerprint density at radius 1 is 0.711 bits per heavy atom. The number of rotatable bonds is 11. The van der Waals surface area contributed by atoms with Crippen LogP contribution in [0.1, 0.15) is 15.9 Å². The maximum Gasteiger partial charge on any atom is 0.264 e. The number of halogens is 1. The SMILES string of the molecule is COc1ccc(S(=O)(=O)N(Cc2ccccc2)c2ccccc2C(=O)Nc2ccc(S(=O)(=O)Nc3ccc(Cl)cc3)cc2)cc1. The van der Waals surface area contributed by atoms with Crippen LogP contribution in [0, 0.1) is 0 Å². The fraction of sp³-hybridized carbons (Fsp3) is 0.0606. The Bertz CT molecular complexity index is 2000. The molecule has 2 N–H and O–H groups in total. The fourth-order valence-electron chi connectivity index (χ4n) is 4.45. The molecule has 12 heteroatoms.